The normalized spacial score (nSPS) is 20.4. The highest BCUT2D eigenvalue weighted by Crippen LogP contribution is 2.38. The van der Waals surface area contributed by atoms with Crippen molar-refractivity contribution in [2.75, 3.05) is 5.32 Å². The van der Waals surface area contributed by atoms with Crippen LogP contribution in [-0.2, 0) is 21.4 Å². The maximum Gasteiger partial charge on any atom is 0.310 e. The average Bonchev–Trinajstić information content (AvgIpc) is 2.61. The average molecular weight is 337 g/mol. The van der Waals surface area contributed by atoms with Crippen LogP contribution in [0, 0.1) is 0 Å². The highest BCUT2D eigenvalue weighted by atomic mass is 16.4. The van der Waals surface area contributed by atoms with Gasteiger partial charge in [0.2, 0.25) is 5.91 Å². The SMILES string of the molecule is CC(C(=O)O)c1cccc(NC(=O)C2(C)CCCc3ccccc32)c1. The van der Waals surface area contributed by atoms with E-state index in [0.717, 1.165) is 24.8 Å². The lowest BCUT2D eigenvalue weighted by atomic mass is 9.70. The monoisotopic (exact) mass is 337 g/mol. The maximum atomic E-state index is 13.0. The first-order chi connectivity index (χ1) is 11.9. The molecule has 4 nitrogen and oxygen atoms in total. The molecule has 0 radical (unpaired) electrons. The number of aryl methyl sites for hydroxylation is 1. The van der Waals surface area contributed by atoms with Gasteiger partial charge in [0.05, 0.1) is 11.3 Å². The van der Waals surface area contributed by atoms with Crippen molar-refractivity contribution in [2.24, 2.45) is 0 Å². The highest BCUT2D eigenvalue weighted by Gasteiger charge is 2.38. The van der Waals surface area contributed by atoms with E-state index in [1.807, 2.05) is 25.1 Å². The summed E-state index contributed by atoms with van der Waals surface area (Å²) < 4.78 is 0. The van der Waals surface area contributed by atoms with E-state index in [1.165, 1.54) is 5.56 Å². The molecule has 1 aliphatic rings. The highest BCUT2D eigenvalue weighted by molar-refractivity contribution is 5.99. The van der Waals surface area contributed by atoms with Crippen molar-refractivity contribution in [1.82, 2.24) is 0 Å². The van der Waals surface area contributed by atoms with E-state index in [9.17, 15) is 14.7 Å². The molecule has 2 atom stereocenters. The Hall–Kier alpha value is -2.62. The summed E-state index contributed by atoms with van der Waals surface area (Å²) in [7, 11) is 0. The first-order valence-corrected chi connectivity index (χ1v) is 8.64. The number of aliphatic carboxylic acids is 1. The minimum absolute atomic E-state index is 0.0419. The number of nitrogens with one attached hydrogen (secondary N) is 1. The lowest BCUT2D eigenvalue weighted by molar-refractivity contribution is -0.138. The molecule has 3 rings (SSSR count). The van der Waals surface area contributed by atoms with Crippen LogP contribution in [0.2, 0.25) is 0 Å². The Balaban J connectivity index is 1.86. The van der Waals surface area contributed by atoms with E-state index in [-0.39, 0.29) is 5.91 Å². The zero-order chi connectivity index (χ0) is 18.0. The van der Waals surface area contributed by atoms with Gasteiger partial charge in [0, 0.05) is 5.69 Å². The van der Waals surface area contributed by atoms with Gasteiger partial charge in [-0.1, -0.05) is 36.4 Å². The fourth-order valence-corrected chi connectivity index (χ4v) is 3.58. The Labute approximate surface area is 147 Å². The van der Waals surface area contributed by atoms with Gasteiger partial charge >= 0.3 is 5.97 Å². The van der Waals surface area contributed by atoms with Crippen LogP contribution >= 0.6 is 0 Å². The number of carboxylic acids is 1. The third kappa shape index (κ3) is 3.29. The predicted octanol–water partition coefficient (Wildman–Crippen LogP) is 4.11. The molecule has 0 bridgehead atoms. The molecule has 2 aromatic rings. The van der Waals surface area contributed by atoms with Crippen molar-refractivity contribution in [3.8, 4) is 0 Å². The number of amides is 1. The minimum Gasteiger partial charge on any atom is -0.481 e. The first kappa shape index (κ1) is 17.2. The summed E-state index contributed by atoms with van der Waals surface area (Å²) in [5.74, 6) is -1.53. The van der Waals surface area contributed by atoms with Crippen LogP contribution in [0.3, 0.4) is 0 Å². The standard InChI is InChI=1S/C21H23NO3/c1-14(19(23)24)16-8-5-10-17(13-16)22-20(25)21(2)12-6-9-15-7-3-4-11-18(15)21/h3-5,7-8,10-11,13-14H,6,9,12H2,1-2H3,(H,22,25)(H,23,24). The smallest absolute Gasteiger partial charge is 0.310 e. The fraction of sp³-hybridized carbons (Fsp3) is 0.333. The van der Waals surface area contributed by atoms with Crippen LogP contribution in [0.25, 0.3) is 0 Å². The number of benzene rings is 2. The van der Waals surface area contributed by atoms with Crippen molar-refractivity contribution in [3.63, 3.8) is 0 Å². The topological polar surface area (TPSA) is 66.4 Å². The predicted molar refractivity (Wildman–Crippen MR) is 97.9 cm³/mol. The molecule has 0 fully saturated rings. The van der Waals surface area contributed by atoms with E-state index in [2.05, 4.69) is 11.4 Å². The van der Waals surface area contributed by atoms with Crippen LogP contribution in [0.1, 0.15) is 49.3 Å². The lowest BCUT2D eigenvalue weighted by Crippen LogP contribution is -2.40. The zero-order valence-electron chi connectivity index (χ0n) is 14.6. The van der Waals surface area contributed by atoms with E-state index in [4.69, 9.17) is 0 Å². The maximum absolute atomic E-state index is 13.0. The Morgan fingerprint density at radius 1 is 1.16 bits per heavy atom. The number of carbonyl (C=O) groups excluding carboxylic acids is 1. The molecule has 2 unspecified atom stereocenters. The Bertz CT molecular complexity index is 814. The Kier molecular flexibility index (Phi) is 4.62. The zero-order valence-corrected chi connectivity index (χ0v) is 14.6. The third-order valence-electron chi connectivity index (χ3n) is 5.25. The van der Waals surface area contributed by atoms with E-state index in [1.54, 1.807) is 31.2 Å². The van der Waals surface area contributed by atoms with Gasteiger partial charge in [-0.3, -0.25) is 9.59 Å². The Morgan fingerprint density at radius 3 is 2.68 bits per heavy atom. The molecule has 1 aliphatic carbocycles. The molecule has 0 saturated heterocycles. The van der Waals surface area contributed by atoms with Crippen LogP contribution < -0.4 is 5.32 Å². The number of hydrogen-bond acceptors (Lipinski definition) is 2. The molecule has 25 heavy (non-hydrogen) atoms. The molecule has 130 valence electrons. The summed E-state index contributed by atoms with van der Waals surface area (Å²) in [4.78, 5) is 24.2. The minimum atomic E-state index is -0.878. The molecule has 2 N–H and O–H groups in total. The van der Waals surface area contributed by atoms with Gasteiger partial charge in [-0.05, 0) is 61.9 Å². The number of anilines is 1. The van der Waals surface area contributed by atoms with Crippen molar-refractivity contribution in [2.45, 2.75) is 44.4 Å². The largest absolute Gasteiger partial charge is 0.481 e. The Morgan fingerprint density at radius 2 is 1.92 bits per heavy atom. The number of rotatable bonds is 4. The second-order valence-electron chi connectivity index (χ2n) is 6.98. The summed E-state index contributed by atoms with van der Waals surface area (Å²) in [6.07, 6.45) is 2.79. The molecule has 2 aromatic carbocycles. The quantitative estimate of drug-likeness (QED) is 0.882. The molecule has 0 heterocycles. The van der Waals surface area contributed by atoms with Gasteiger partial charge in [0.1, 0.15) is 0 Å². The first-order valence-electron chi connectivity index (χ1n) is 8.64. The van der Waals surface area contributed by atoms with Crippen LogP contribution in [0.4, 0.5) is 5.69 Å². The van der Waals surface area contributed by atoms with E-state index < -0.39 is 17.3 Å². The summed E-state index contributed by atoms with van der Waals surface area (Å²) in [5, 5.41) is 12.2. The molecule has 1 amide bonds. The number of hydrogen-bond donors (Lipinski definition) is 2. The summed E-state index contributed by atoms with van der Waals surface area (Å²) in [5.41, 5.74) is 3.08. The second-order valence-corrected chi connectivity index (χ2v) is 6.98. The lowest BCUT2D eigenvalue weighted by Gasteiger charge is -2.34. The molecular formula is C21H23NO3. The van der Waals surface area contributed by atoms with Gasteiger partial charge < -0.3 is 10.4 Å². The molecule has 0 saturated carbocycles. The van der Waals surface area contributed by atoms with Crippen LogP contribution in [0.15, 0.2) is 48.5 Å². The summed E-state index contributed by atoms with van der Waals surface area (Å²) >= 11 is 0. The van der Waals surface area contributed by atoms with Crippen molar-refractivity contribution in [3.05, 3.63) is 65.2 Å². The van der Waals surface area contributed by atoms with Crippen LogP contribution in [-0.4, -0.2) is 17.0 Å². The van der Waals surface area contributed by atoms with Crippen molar-refractivity contribution >= 4 is 17.6 Å². The number of fused-ring (bicyclic) bond motifs is 1. The van der Waals surface area contributed by atoms with Gasteiger partial charge in [-0.2, -0.15) is 0 Å². The number of carboxylic acid groups (broad SMARTS) is 1. The van der Waals surface area contributed by atoms with Gasteiger partial charge in [0.15, 0.2) is 0 Å². The van der Waals surface area contributed by atoms with Crippen LogP contribution in [0.5, 0.6) is 0 Å². The molecule has 4 heteroatoms. The second kappa shape index (κ2) is 6.71. The van der Waals surface area contributed by atoms with Crippen molar-refractivity contribution < 1.29 is 14.7 Å². The van der Waals surface area contributed by atoms with Gasteiger partial charge in [-0.25, -0.2) is 0 Å². The number of carbonyl (C=O) groups is 2. The molecular weight excluding hydrogens is 314 g/mol. The molecule has 0 aromatic heterocycles. The van der Waals surface area contributed by atoms with Gasteiger partial charge in [0.25, 0.3) is 0 Å². The summed E-state index contributed by atoms with van der Waals surface area (Å²) in [6.45, 7) is 3.63. The summed E-state index contributed by atoms with van der Waals surface area (Å²) in [6, 6.07) is 15.2. The van der Waals surface area contributed by atoms with Crippen molar-refractivity contribution in [1.29, 1.82) is 0 Å². The molecule has 0 aliphatic heterocycles. The fourth-order valence-electron chi connectivity index (χ4n) is 3.58. The van der Waals surface area contributed by atoms with E-state index >= 15 is 0 Å². The molecule has 0 spiro atoms. The third-order valence-corrected chi connectivity index (χ3v) is 5.25. The van der Waals surface area contributed by atoms with E-state index in [0.29, 0.717) is 11.3 Å². The van der Waals surface area contributed by atoms with Gasteiger partial charge in [-0.15, -0.1) is 0 Å².